The first-order valence-corrected chi connectivity index (χ1v) is 9.01. The highest BCUT2D eigenvalue weighted by Gasteiger charge is 2.27. The van der Waals surface area contributed by atoms with Gasteiger partial charge in [-0.05, 0) is 38.1 Å². The van der Waals surface area contributed by atoms with Crippen molar-refractivity contribution < 1.29 is 13.2 Å². The van der Waals surface area contributed by atoms with Crippen molar-refractivity contribution in [2.75, 3.05) is 18.1 Å². The smallest absolute Gasteiger partial charge is 0.221 e. The summed E-state index contributed by atoms with van der Waals surface area (Å²) in [6.45, 7) is 3.17. The van der Waals surface area contributed by atoms with E-state index in [1.165, 1.54) is 12.8 Å². The molecule has 6 heteroatoms. The lowest BCUT2D eigenvalue weighted by molar-refractivity contribution is -0.122. The maximum atomic E-state index is 12.0. The number of nitrogens with one attached hydrogen (secondary N) is 2. The Hall–Kier alpha value is -0.620. The van der Waals surface area contributed by atoms with Crippen LogP contribution in [-0.2, 0) is 14.6 Å². The molecule has 2 fully saturated rings. The molecule has 5 nitrogen and oxygen atoms in total. The Morgan fingerprint density at radius 1 is 1.26 bits per heavy atom. The molecule has 0 aromatic rings. The van der Waals surface area contributed by atoms with Crippen LogP contribution >= 0.6 is 0 Å². The van der Waals surface area contributed by atoms with Crippen molar-refractivity contribution in [2.45, 2.75) is 51.1 Å². The summed E-state index contributed by atoms with van der Waals surface area (Å²) in [4.78, 5) is 12.0. The third-order valence-electron chi connectivity index (χ3n) is 4.25. The summed E-state index contributed by atoms with van der Waals surface area (Å²) < 4.78 is 22.6. The molecule has 0 aliphatic carbocycles. The van der Waals surface area contributed by atoms with Gasteiger partial charge < -0.3 is 10.6 Å². The van der Waals surface area contributed by atoms with Crippen LogP contribution in [0, 0.1) is 5.92 Å². The molecule has 0 aromatic carbocycles. The lowest BCUT2D eigenvalue weighted by Crippen LogP contribution is -2.46. The molecule has 2 atom stereocenters. The minimum atomic E-state index is -2.85. The van der Waals surface area contributed by atoms with Crippen molar-refractivity contribution in [3.8, 4) is 0 Å². The van der Waals surface area contributed by atoms with Gasteiger partial charge in [-0.25, -0.2) is 8.42 Å². The van der Waals surface area contributed by atoms with Crippen molar-refractivity contribution in [3.05, 3.63) is 0 Å². The van der Waals surface area contributed by atoms with Crippen LogP contribution in [0.15, 0.2) is 0 Å². The summed E-state index contributed by atoms with van der Waals surface area (Å²) >= 11 is 0. The fraction of sp³-hybridized carbons (Fsp3) is 0.923. The second kappa shape index (κ2) is 6.22. The van der Waals surface area contributed by atoms with Crippen LogP contribution in [0.1, 0.15) is 39.0 Å². The molecule has 2 aliphatic rings. The van der Waals surface area contributed by atoms with E-state index >= 15 is 0 Å². The first-order valence-electron chi connectivity index (χ1n) is 7.19. The van der Waals surface area contributed by atoms with E-state index in [9.17, 15) is 13.2 Å². The highest BCUT2D eigenvalue weighted by molar-refractivity contribution is 7.91. The Morgan fingerprint density at radius 3 is 2.58 bits per heavy atom. The minimum absolute atomic E-state index is 0.0370. The number of carbonyl (C=O) groups excluding carboxylic acids is 1. The third kappa shape index (κ3) is 4.45. The first-order chi connectivity index (χ1) is 8.96. The Labute approximate surface area is 115 Å². The zero-order chi connectivity index (χ0) is 13.9. The highest BCUT2D eigenvalue weighted by Crippen LogP contribution is 2.18. The van der Waals surface area contributed by atoms with Gasteiger partial charge in [-0.15, -0.1) is 0 Å². The summed E-state index contributed by atoms with van der Waals surface area (Å²) in [7, 11) is -2.85. The van der Waals surface area contributed by atoms with Crippen LogP contribution in [0.5, 0.6) is 0 Å². The largest absolute Gasteiger partial charge is 0.353 e. The zero-order valence-corrected chi connectivity index (χ0v) is 12.3. The van der Waals surface area contributed by atoms with Crippen molar-refractivity contribution in [1.82, 2.24) is 10.6 Å². The molecule has 0 spiro atoms. The quantitative estimate of drug-likeness (QED) is 0.791. The Balaban J connectivity index is 1.75. The van der Waals surface area contributed by atoms with E-state index in [1.807, 2.05) is 0 Å². The van der Waals surface area contributed by atoms with Gasteiger partial charge in [0.05, 0.1) is 11.5 Å². The van der Waals surface area contributed by atoms with Gasteiger partial charge in [0.15, 0.2) is 0 Å². The molecule has 0 aromatic heterocycles. The van der Waals surface area contributed by atoms with Gasteiger partial charge in [-0.2, -0.15) is 0 Å². The van der Waals surface area contributed by atoms with Crippen LogP contribution in [0.25, 0.3) is 0 Å². The van der Waals surface area contributed by atoms with E-state index in [-0.39, 0.29) is 29.5 Å². The van der Waals surface area contributed by atoms with E-state index in [0.717, 1.165) is 6.54 Å². The van der Waals surface area contributed by atoms with Crippen LogP contribution < -0.4 is 10.6 Å². The lowest BCUT2D eigenvalue weighted by atomic mass is 9.90. The molecular formula is C13H24N2O3S. The number of hydrogen-bond donors (Lipinski definition) is 2. The maximum absolute atomic E-state index is 12.0. The lowest BCUT2D eigenvalue weighted by Gasteiger charge is -2.30. The highest BCUT2D eigenvalue weighted by atomic mass is 32.2. The summed E-state index contributed by atoms with van der Waals surface area (Å²) in [6.07, 6.45) is 3.97. The fourth-order valence-corrected chi connectivity index (χ4v) is 4.40. The van der Waals surface area contributed by atoms with E-state index in [2.05, 4.69) is 17.6 Å². The van der Waals surface area contributed by atoms with Gasteiger partial charge in [0.1, 0.15) is 9.84 Å². The molecule has 110 valence electrons. The number of rotatable bonds is 3. The zero-order valence-electron chi connectivity index (χ0n) is 11.5. The Morgan fingerprint density at radius 2 is 1.95 bits per heavy atom. The number of hydrogen-bond acceptors (Lipinski definition) is 4. The van der Waals surface area contributed by atoms with Crippen LogP contribution in [-0.4, -0.2) is 44.5 Å². The fourth-order valence-electron chi connectivity index (χ4n) is 2.91. The number of amides is 1. The SMILES string of the molecule is CC1CCCNC1CC(=O)NC1CCS(=O)(=O)CC1. The van der Waals surface area contributed by atoms with Gasteiger partial charge in [0.2, 0.25) is 5.91 Å². The summed E-state index contributed by atoms with van der Waals surface area (Å²) in [5, 5.41) is 6.37. The number of piperidine rings is 1. The maximum Gasteiger partial charge on any atom is 0.221 e. The van der Waals surface area contributed by atoms with Gasteiger partial charge in [0, 0.05) is 18.5 Å². The van der Waals surface area contributed by atoms with Gasteiger partial charge in [-0.1, -0.05) is 6.92 Å². The summed E-state index contributed by atoms with van der Waals surface area (Å²) in [6, 6.07) is 0.302. The topological polar surface area (TPSA) is 75.3 Å². The second-order valence-corrected chi connectivity index (χ2v) is 8.18. The Bertz CT molecular complexity index is 408. The summed E-state index contributed by atoms with van der Waals surface area (Å²) in [5.41, 5.74) is 0. The van der Waals surface area contributed by atoms with Crippen LogP contribution in [0.3, 0.4) is 0 Å². The number of carbonyl (C=O) groups is 1. The summed E-state index contributed by atoms with van der Waals surface area (Å²) in [5.74, 6) is 0.994. The molecule has 2 aliphatic heterocycles. The van der Waals surface area contributed by atoms with E-state index < -0.39 is 9.84 Å². The van der Waals surface area contributed by atoms with Crippen molar-refractivity contribution >= 4 is 15.7 Å². The molecule has 2 rings (SSSR count). The van der Waals surface area contributed by atoms with E-state index in [4.69, 9.17) is 0 Å². The van der Waals surface area contributed by atoms with E-state index in [1.54, 1.807) is 0 Å². The van der Waals surface area contributed by atoms with Crippen LogP contribution in [0.4, 0.5) is 0 Å². The molecule has 19 heavy (non-hydrogen) atoms. The van der Waals surface area contributed by atoms with Crippen molar-refractivity contribution in [2.24, 2.45) is 5.92 Å². The molecule has 0 radical (unpaired) electrons. The molecule has 0 bridgehead atoms. The molecule has 2 saturated heterocycles. The van der Waals surface area contributed by atoms with Gasteiger partial charge in [-0.3, -0.25) is 4.79 Å². The molecule has 2 heterocycles. The van der Waals surface area contributed by atoms with Gasteiger partial charge >= 0.3 is 0 Å². The monoisotopic (exact) mass is 288 g/mol. The van der Waals surface area contributed by atoms with Crippen molar-refractivity contribution in [1.29, 1.82) is 0 Å². The molecule has 2 N–H and O–H groups in total. The first kappa shape index (κ1) is 14.8. The predicted octanol–water partition coefficient (Wildman–Crippen LogP) is 0.458. The normalized spacial score (nSPS) is 31.8. The average molecular weight is 288 g/mol. The van der Waals surface area contributed by atoms with E-state index in [0.29, 0.717) is 25.2 Å². The third-order valence-corrected chi connectivity index (χ3v) is 5.97. The number of sulfone groups is 1. The average Bonchev–Trinajstić information content (AvgIpc) is 2.35. The van der Waals surface area contributed by atoms with Crippen molar-refractivity contribution in [3.63, 3.8) is 0 Å². The van der Waals surface area contributed by atoms with Gasteiger partial charge in [0.25, 0.3) is 0 Å². The Kier molecular flexibility index (Phi) is 4.84. The molecular weight excluding hydrogens is 264 g/mol. The molecule has 2 unspecified atom stereocenters. The minimum Gasteiger partial charge on any atom is -0.353 e. The molecule has 1 amide bonds. The second-order valence-electron chi connectivity index (χ2n) is 5.88. The molecule has 0 saturated carbocycles. The van der Waals surface area contributed by atoms with Crippen LogP contribution in [0.2, 0.25) is 0 Å². The predicted molar refractivity (Wildman–Crippen MR) is 74.6 cm³/mol. The standard InChI is InChI=1S/C13H24N2O3S/c1-10-3-2-6-14-12(10)9-13(16)15-11-4-7-19(17,18)8-5-11/h10-12,14H,2-9H2,1H3,(H,15,16).